The third kappa shape index (κ3) is 2.88. The molecule has 0 bridgehead atoms. The first-order valence-corrected chi connectivity index (χ1v) is 7.88. The molecular formula is C16H20N2S. The Hall–Kier alpha value is -1.19. The monoisotopic (exact) mass is 272 g/mol. The Bertz CT molecular complexity index is 533. The summed E-state index contributed by atoms with van der Waals surface area (Å²) in [6.45, 7) is 0. The number of nitrogens with one attached hydrogen (secondary N) is 1. The number of hydrogen-bond acceptors (Lipinski definition) is 3. The van der Waals surface area contributed by atoms with Crippen LogP contribution in [0.4, 0.5) is 0 Å². The van der Waals surface area contributed by atoms with Crippen LogP contribution in [0.15, 0.2) is 30.3 Å². The van der Waals surface area contributed by atoms with Gasteiger partial charge in [-0.25, -0.2) is 4.98 Å². The summed E-state index contributed by atoms with van der Waals surface area (Å²) in [6.07, 6.45) is 5.90. The summed E-state index contributed by atoms with van der Waals surface area (Å²) < 4.78 is 0. The summed E-state index contributed by atoms with van der Waals surface area (Å²) in [7, 11) is 2.04. The molecule has 0 aliphatic heterocycles. The Morgan fingerprint density at radius 1 is 1.26 bits per heavy atom. The van der Waals surface area contributed by atoms with Crippen LogP contribution >= 0.6 is 11.3 Å². The van der Waals surface area contributed by atoms with Crippen LogP contribution in [-0.2, 0) is 19.3 Å². The van der Waals surface area contributed by atoms with E-state index in [2.05, 4.69) is 35.6 Å². The molecule has 1 atom stereocenters. The van der Waals surface area contributed by atoms with Crippen molar-refractivity contribution >= 4 is 11.3 Å². The molecule has 1 N–H and O–H groups in total. The van der Waals surface area contributed by atoms with Gasteiger partial charge in [-0.2, -0.15) is 0 Å². The van der Waals surface area contributed by atoms with Crippen molar-refractivity contribution in [1.82, 2.24) is 10.3 Å². The zero-order valence-electron chi connectivity index (χ0n) is 11.4. The van der Waals surface area contributed by atoms with Gasteiger partial charge in [0.25, 0.3) is 0 Å². The number of benzene rings is 1. The van der Waals surface area contributed by atoms with Crippen LogP contribution in [0.2, 0.25) is 0 Å². The second-order valence-corrected chi connectivity index (χ2v) is 6.30. The predicted octanol–water partition coefficient (Wildman–Crippen LogP) is 3.53. The van der Waals surface area contributed by atoms with Crippen molar-refractivity contribution in [2.75, 3.05) is 7.05 Å². The van der Waals surface area contributed by atoms with Crippen LogP contribution in [-0.4, -0.2) is 12.0 Å². The molecule has 0 saturated carbocycles. The quantitative estimate of drug-likeness (QED) is 0.921. The molecule has 3 heteroatoms. The van der Waals surface area contributed by atoms with Gasteiger partial charge in [-0.05, 0) is 38.3 Å². The van der Waals surface area contributed by atoms with Crippen molar-refractivity contribution in [1.29, 1.82) is 0 Å². The fourth-order valence-corrected chi connectivity index (χ4v) is 3.92. The largest absolute Gasteiger partial charge is 0.312 e. The minimum Gasteiger partial charge on any atom is -0.312 e. The smallest absolute Gasteiger partial charge is 0.0935 e. The summed E-state index contributed by atoms with van der Waals surface area (Å²) >= 11 is 1.92. The fourth-order valence-electron chi connectivity index (χ4n) is 2.75. The minimum atomic E-state index is 0.477. The number of aryl methyl sites for hydroxylation is 3. The number of hydrogen-bond donors (Lipinski definition) is 1. The van der Waals surface area contributed by atoms with Gasteiger partial charge in [0, 0.05) is 11.3 Å². The van der Waals surface area contributed by atoms with Crippen LogP contribution in [0.5, 0.6) is 0 Å². The van der Waals surface area contributed by atoms with E-state index in [-0.39, 0.29) is 0 Å². The predicted molar refractivity (Wildman–Crippen MR) is 80.7 cm³/mol. The zero-order chi connectivity index (χ0) is 13.1. The van der Waals surface area contributed by atoms with E-state index in [1.165, 1.54) is 40.4 Å². The van der Waals surface area contributed by atoms with E-state index in [1.807, 2.05) is 18.4 Å². The van der Waals surface area contributed by atoms with E-state index in [0.717, 1.165) is 12.8 Å². The van der Waals surface area contributed by atoms with Gasteiger partial charge >= 0.3 is 0 Å². The second kappa shape index (κ2) is 5.85. The molecule has 1 heterocycles. The van der Waals surface area contributed by atoms with Gasteiger partial charge in [0.2, 0.25) is 0 Å². The molecule has 0 spiro atoms. The van der Waals surface area contributed by atoms with Crippen molar-refractivity contribution < 1.29 is 0 Å². The molecule has 2 aromatic rings. The van der Waals surface area contributed by atoms with Crippen LogP contribution in [0.1, 0.15) is 40.0 Å². The minimum absolute atomic E-state index is 0.477. The molecule has 19 heavy (non-hydrogen) atoms. The lowest BCUT2D eigenvalue weighted by Gasteiger charge is -2.19. The molecule has 0 fully saturated rings. The molecule has 0 saturated heterocycles. The average Bonchev–Trinajstić information content (AvgIpc) is 2.89. The highest BCUT2D eigenvalue weighted by Gasteiger charge is 2.23. The molecule has 1 aromatic heterocycles. The maximum Gasteiger partial charge on any atom is 0.0935 e. The molecule has 1 aliphatic carbocycles. The molecule has 1 unspecified atom stereocenters. The number of nitrogens with zero attached hydrogens (tertiary/aromatic N) is 1. The number of thiazole rings is 1. The Balaban J connectivity index is 1.71. The molecule has 0 amide bonds. The Morgan fingerprint density at radius 2 is 2.11 bits per heavy atom. The fraction of sp³-hybridized carbons (Fsp3) is 0.438. The van der Waals surface area contributed by atoms with Gasteiger partial charge in [-0.3, -0.25) is 0 Å². The maximum absolute atomic E-state index is 4.87. The number of aromatic nitrogens is 1. The number of rotatable bonds is 4. The van der Waals surface area contributed by atoms with Gasteiger partial charge in [-0.1, -0.05) is 30.3 Å². The number of fused-ring (bicyclic) bond motifs is 1. The zero-order valence-corrected chi connectivity index (χ0v) is 12.2. The summed E-state index contributed by atoms with van der Waals surface area (Å²) in [5, 5.41) is 4.69. The van der Waals surface area contributed by atoms with Crippen LogP contribution in [0.3, 0.4) is 0 Å². The molecule has 1 aromatic carbocycles. The van der Waals surface area contributed by atoms with Crippen molar-refractivity contribution in [3.63, 3.8) is 0 Å². The Labute approximate surface area is 118 Å². The summed E-state index contributed by atoms with van der Waals surface area (Å²) in [6, 6.07) is 11.2. The molecule has 0 radical (unpaired) electrons. The maximum atomic E-state index is 4.87. The topological polar surface area (TPSA) is 24.9 Å². The Morgan fingerprint density at radius 3 is 2.89 bits per heavy atom. The molecular weight excluding hydrogens is 252 g/mol. The van der Waals surface area contributed by atoms with E-state index in [0.29, 0.717) is 6.04 Å². The normalized spacial score (nSPS) is 18.3. The molecule has 100 valence electrons. The summed E-state index contributed by atoms with van der Waals surface area (Å²) in [5.74, 6) is 0. The molecule has 3 rings (SSSR count). The van der Waals surface area contributed by atoms with Crippen LogP contribution < -0.4 is 5.32 Å². The van der Waals surface area contributed by atoms with Gasteiger partial charge in [0.1, 0.15) is 0 Å². The lowest BCUT2D eigenvalue weighted by Crippen LogP contribution is -2.21. The van der Waals surface area contributed by atoms with Crippen LogP contribution in [0.25, 0.3) is 0 Å². The average molecular weight is 272 g/mol. The lowest BCUT2D eigenvalue weighted by atomic mass is 9.98. The third-order valence-electron chi connectivity index (χ3n) is 3.82. The van der Waals surface area contributed by atoms with Gasteiger partial charge in [0.15, 0.2) is 0 Å². The first-order chi connectivity index (χ1) is 9.36. The highest BCUT2D eigenvalue weighted by molar-refractivity contribution is 7.11. The van der Waals surface area contributed by atoms with Crippen molar-refractivity contribution in [3.8, 4) is 0 Å². The molecule has 1 aliphatic rings. The standard InChI is InChI=1S/C16H20N2S/c1-17-13-8-5-9-14-16(13)18-15(19-14)11-10-12-6-3-2-4-7-12/h2-4,6-7,13,17H,5,8-11H2,1H3. The van der Waals surface area contributed by atoms with E-state index in [1.54, 1.807) is 0 Å². The first kappa shape index (κ1) is 12.8. The summed E-state index contributed by atoms with van der Waals surface area (Å²) in [4.78, 5) is 6.38. The second-order valence-electron chi connectivity index (χ2n) is 5.14. The first-order valence-electron chi connectivity index (χ1n) is 7.06. The lowest BCUT2D eigenvalue weighted by molar-refractivity contribution is 0.489. The van der Waals surface area contributed by atoms with E-state index in [9.17, 15) is 0 Å². The van der Waals surface area contributed by atoms with Gasteiger partial charge < -0.3 is 5.32 Å². The summed E-state index contributed by atoms with van der Waals surface area (Å²) in [5.41, 5.74) is 2.72. The van der Waals surface area contributed by atoms with Crippen molar-refractivity contribution in [2.24, 2.45) is 0 Å². The third-order valence-corrected chi connectivity index (χ3v) is 5.01. The van der Waals surface area contributed by atoms with Crippen molar-refractivity contribution in [2.45, 2.75) is 38.1 Å². The van der Waals surface area contributed by atoms with Crippen LogP contribution in [0, 0.1) is 0 Å². The van der Waals surface area contributed by atoms with Gasteiger partial charge in [0.05, 0.1) is 16.7 Å². The van der Waals surface area contributed by atoms with E-state index in [4.69, 9.17) is 4.98 Å². The highest BCUT2D eigenvalue weighted by atomic mass is 32.1. The highest BCUT2D eigenvalue weighted by Crippen LogP contribution is 2.33. The van der Waals surface area contributed by atoms with E-state index < -0.39 is 0 Å². The SMILES string of the molecule is CNC1CCCc2sc(CCc3ccccc3)nc21. The van der Waals surface area contributed by atoms with Gasteiger partial charge in [-0.15, -0.1) is 11.3 Å². The molecule has 2 nitrogen and oxygen atoms in total. The van der Waals surface area contributed by atoms with Crippen molar-refractivity contribution in [3.05, 3.63) is 51.5 Å². The Kier molecular flexibility index (Phi) is 3.95. The van der Waals surface area contributed by atoms with E-state index >= 15 is 0 Å².